The van der Waals surface area contributed by atoms with Crippen LogP contribution in [0.3, 0.4) is 0 Å². The average Bonchev–Trinajstić information content (AvgIpc) is 1.64. The van der Waals surface area contributed by atoms with E-state index in [9.17, 15) is 0 Å². The molecule has 0 aromatic carbocycles. The molecule has 0 radical (unpaired) electrons. The van der Waals surface area contributed by atoms with Crippen LogP contribution in [0.2, 0.25) is 0 Å². The summed E-state index contributed by atoms with van der Waals surface area (Å²) in [4.78, 5) is 3.93. The second-order valence-corrected chi connectivity index (χ2v) is 3.02. The normalized spacial score (nSPS) is 6.73. The maximum Gasteiger partial charge on any atom is 2.00 e. The Labute approximate surface area is 115 Å². The summed E-state index contributed by atoms with van der Waals surface area (Å²) in [5.74, 6) is 0. The van der Waals surface area contributed by atoms with Crippen LogP contribution in [0.25, 0.3) is 0 Å². The summed E-state index contributed by atoms with van der Waals surface area (Å²) in [5, 5.41) is 0. The Kier molecular flexibility index (Phi) is 16.3. The molecule has 1 aromatic heterocycles. The molecular formula is C5H3Br2Cl2HgN. The van der Waals surface area contributed by atoms with Gasteiger partial charge in [0.15, 0.2) is 0 Å². The van der Waals surface area contributed by atoms with E-state index in [1.165, 1.54) is 0 Å². The van der Waals surface area contributed by atoms with Crippen LogP contribution in [0, 0.1) is 0 Å². The first-order valence-electron chi connectivity index (χ1n) is 2.06. The maximum atomic E-state index is 3.93. The summed E-state index contributed by atoms with van der Waals surface area (Å²) in [5.41, 5.74) is 0. The molecule has 11 heavy (non-hydrogen) atoms. The van der Waals surface area contributed by atoms with E-state index in [1.54, 1.807) is 6.20 Å². The van der Waals surface area contributed by atoms with Crippen LogP contribution in [-0.4, -0.2) is 4.98 Å². The zero-order valence-electron chi connectivity index (χ0n) is 5.40. The predicted octanol–water partition coefficient (Wildman–Crippen LogP) is -3.39. The van der Waals surface area contributed by atoms with Crippen molar-refractivity contribution in [2.24, 2.45) is 0 Å². The minimum Gasteiger partial charge on any atom is -1.00 e. The first kappa shape index (κ1) is 18.4. The maximum absolute atomic E-state index is 3.93. The fourth-order valence-corrected chi connectivity index (χ4v) is 1.39. The Balaban J connectivity index is -0.000000213. The molecule has 0 atom stereocenters. The van der Waals surface area contributed by atoms with E-state index >= 15 is 0 Å². The SMILES string of the molecule is Brc1ccnc(Br)c1.[Cl-].[Cl-].[Hg+2]. The Bertz CT molecular complexity index is 182. The van der Waals surface area contributed by atoms with E-state index in [2.05, 4.69) is 36.8 Å². The first-order valence-corrected chi connectivity index (χ1v) is 3.65. The Morgan fingerprint density at radius 2 is 1.73 bits per heavy atom. The molecule has 0 N–H and O–H groups in total. The molecule has 0 saturated carbocycles. The Morgan fingerprint density at radius 1 is 1.18 bits per heavy atom. The minimum absolute atomic E-state index is 0. The number of halogens is 4. The molecule has 1 aromatic rings. The van der Waals surface area contributed by atoms with Crippen LogP contribution in [0.1, 0.15) is 0 Å². The van der Waals surface area contributed by atoms with Crippen LogP contribution in [0.4, 0.5) is 0 Å². The van der Waals surface area contributed by atoms with Gasteiger partial charge in [-0.05, 0) is 28.1 Å². The van der Waals surface area contributed by atoms with Gasteiger partial charge in [-0.25, -0.2) is 4.98 Å². The summed E-state index contributed by atoms with van der Waals surface area (Å²) >= 11 is 6.51. The van der Waals surface area contributed by atoms with E-state index < -0.39 is 0 Å². The van der Waals surface area contributed by atoms with Crippen molar-refractivity contribution in [1.29, 1.82) is 0 Å². The van der Waals surface area contributed by atoms with E-state index in [4.69, 9.17) is 0 Å². The third-order valence-corrected chi connectivity index (χ3v) is 1.62. The summed E-state index contributed by atoms with van der Waals surface area (Å²) in [7, 11) is 0. The zero-order chi connectivity index (χ0) is 5.98. The number of aromatic nitrogens is 1. The molecule has 0 bridgehead atoms. The Hall–Kier alpha value is 1.63. The van der Waals surface area contributed by atoms with Gasteiger partial charge >= 0.3 is 27.7 Å². The molecule has 0 unspecified atom stereocenters. The number of hydrogen-bond acceptors (Lipinski definition) is 1. The van der Waals surface area contributed by atoms with Gasteiger partial charge in [0.2, 0.25) is 0 Å². The van der Waals surface area contributed by atoms with Gasteiger partial charge in [-0.15, -0.1) is 0 Å². The summed E-state index contributed by atoms with van der Waals surface area (Å²) in [6.45, 7) is 0. The van der Waals surface area contributed by atoms with Crippen LogP contribution in [0.15, 0.2) is 27.4 Å². The van der Waals surface area contributed by atoms with Crippen LogP contribution >= 0.6 is 31.9 Å². The smallest absolute Gasteiger partial charge is 1.00 e. The Morgan fingerprint density at radius 3 is 2.00 bits per heavy atom. The number of hydrogen-bond donors (Lipinski definition) is 0. The zero-order valence-corrected chi connectivity index (χ0v) is 15.6. The van der Waals surface area contributed by atoms with Crippen molar-refractivity contribution in [2.75, 3.05) is 0 Å². The number of rotatable bonds is 0. The van der Waals surface area contributed by atoms with Gasteiger partial charge in [0.25, 0.3) is 0 Å². The van der Waals surface area contributed by atoms with E-state index in [1.807, 2.05) is 12.1 Å². The van der Waals surface area contributed by atoms with Gasteiger partial charge in [-0.1, -0.05) is 15.9 Å². The summed E-state index contributed by atoms with van der Waals surface area (Å²) in [6, 6.07) is 3.77. The molecule has 1 rings (SSSR count). The van der Waals surface area contributed by atoms with Crippen LogP contribution in [-0.2, 0) is 27.7 Å². The minimum atomic E-state index is 0. The quantitative estimate of drug-likeness (QED) is 0.264. The molecular weight excluding hydrogens is 505 g/mol. The summed E-state index contributed by atoms with van der Waals surface area (Å²) < 4.78 is 1.89. The first-order chi connectivity index (χ1) is 3.79. The van der Waals surface area contributed by atoms with Crippen LogP contribution < -0.4 is 24.8 Å². The molecule has 0 saturated heterocycles. The molecule has 1 nitrogen and oxygen atoms in total. The van der Waals surface area contributed by atoms with Gasteiger partial charge in [0, 0.05) is 10.7 Å². The fourth-order valence-electron chi connectivity index (χ4n) is 0.379. The largest absolute Gasteiger partial charge is 2.00 e. The van der Waals surface area contributed by atoms with E-state index in [0.29, 0.717) is 0 Å². The van der Waals surface area contributed by atoms with Crippen molar-refractivity contribution in [2.45, 2.75) is 0 Å². The third kappa shape index (κ3) is 7.97. The van der Waals surface area contributed by atoms with Gasteiger partial charge in [0.1, 0.15) is 4.60 Å². The van der Waals surface area contributed by atoms with Crippen molar-refractivity contribution < 1.29 is 52.5 Å². The topological polar surface area (TPSA) is 12.9 Å². The van der Waals surface area contributed by atoms with Gasteiger partial charge < -0.3 is 24.8 Å². The van der Waals surface area contributed by atoms with Gasteiger partial charge in [-0.3, -0.25) is 0 Å². The molecule has 0 aliphatic rings. The standard InChI is InChI=1S/C5H3Br2N.2ClH.Hg/c6-4-1-2-8-5(7)3-4;;;/h1-3H;2*1H;/q;;;+2/p-2. The second-order valence-electron chi connectivity index (χ2n) is 1.30. The fraction of sp³-hybridized carbons (Fsp3) is 0. The molecule has 0 fully saturated rings. The van der Waals surface area contributed by atoms with Crippen molar-refractivity contribution in [3.05, 3.63) is 27.4 Å². The summed E-state index contributed by atoms with van der Waals surface area (Å²) in [6.07, 6.45) is 1.73. The van der Waals surface area contributed by atoms with E-state index in [-0.39, 0.29) is 52.5 Å². The van der Waals surface area contributed by atoms with Crippen molar-refractivity contribution in [3.8, 4) is 0 Å². The van der Waals surface area contributed by atoms with Crippen molar-refractivity contribution in [3.63, 3.8) is 0 Å². The van der Waals surface area contributed by atoms with Crippen molar-refractivity contribution in [1.82, 2.24) is 4.98 Å². The number of nitrogens with zero attached hydrogens (tertiary/aromatic N) is 1. The molecule has 1 heterocycles. The average molecular weight is 508 g/mol. The second kappa shape index (κ2) is 9.71. The molecule has 0 spiro atoms. The number of pyridine rings is 1. The van der Waals surface area contributed by atoms with E-state index in [0.717, 1.165) is 9.08 Å². The molecule has 0 aliphatic heterocycles. The van der Waals surface area contributed by atoms with Gasteiger partial charge in [0.05, 0.1) is 0 Å². The monoisotopic (exact) mass is 507 g/mol. The molecule has 58 valence electrons. The van der Waals surface area contributed by atoms with Gasteiger partial charge in [-0.2, -0.15) is 0 Å². The van der Waals surface area contributed by atoms with Crippen LogP contribution in [0.5, 0.6) is 0 Å². The molecule has 0 aliphatic carbocycles. The molecule has 0 amide bonds. The van der Waals surface area contributed by atoms with Crippen molar-refractivity contribution >= 4 is 31.9 Å². The third-order valence-electron chi connectivity index (χ3n) is 0.689. The predicted molar refractivity (Wildman–Crippen MR) is 39.6 cm³/mol. The molecule has 6 heteroatoms.